The Morgan fingerprint density at radius 3 is 2.25 bits per heavy atom. The monoisotopic (exact) mass is 275 g/mol. The molecule has 82 valence electrons. The van der Waals surface area contributed by atoms with E-state index in [1.807, 2.05) is 0 Å². The number of nitrogens with zero attached hydrogens (tertiary/aromatic N) is 1. The Labute approximate surface area is 107 Å². The lowest BCUT2D eigenvalue weighted by Gasteiger charge is -2.08. The van der Waals surface area contributed by atoms with E-state index < -0.39 is 5.82 Å². The summed E-state index contributed by atoms with van der Waals surface area (Å²) < 4.78 is 13.5. The van der Waals surface area contributed by atoms with Gasteiger partial charge in [0.15, 0.2) is 0 Å². The maximum absolute atomic E-state index is 13.5. The molecule has 0 spiro atoms. The predicted octanol–water partition coefficient (Wildman–Crippen LogP) is 4.85. The lowest BCUT2D eigenvalue weighted by molar-refractivity contribution is 0.629. The number of halogens is 4. The molecule has 2 rings (SSSR count). The topological polar surface area (TPSA) is 12.9 Å². The highest BCUT2D eigenvalue weighted by molar-refractivity contribution is 6.41. The summed E-state index contributed by atoms with van der Waals surface area (Å²) in [7, 11) is 0. The first-order valence-electron chi connectivity index (χ1n) is 4.34. The smallest absolute Gasteiger partial charge is 0.134 e. The van der Waals surface area contributed by atoms with Gasteiger partial charge in [0.25, 0.3) is 0 Å². The molecule has 1 aromatic heterocycles. The fraction of sp³-hybridized carbons (Fsp3) is 0. The number of hydrogen-bond acceptors (Lipinski definition) is 1. The second-order valence-corrected chi connectivity index (χ2v) is 4.35. The van der Waals surface area contributed by atoms with Gasteiger partial charge in [-0.1, -0.05) is 34.8 Å². The SMILES string of the molecule is Fc1ccncc1-c1c(Cl)cc(Cl)cc1Cl. The van der Waals surface area contributed by atoms with Crippen molar-refractivity contribution in [2.45, 2.75) is 0 Å². The van der Waals surface area contributed by atoms with Crippen LogP contribution in [0.15, 0.2) is 30.6 Å². The Morgan fingerprint density at radius 2 is 1.69 bits per heavy atom. The molecule has 2 aromatic rings. The van der Waals surface area contributed by atoms with Crippen LogP contribution in [0.25, 0.3) is 11.1 Å². The molecular formula is C11H5Cl3FN. The van der Waals surface area contributed by atoms with Gasteiger partial charge < -0.3 is 0 Å². The van der Waals surface area contributed by atoms with Crippen LogP contribution in [-0.2, 0) is 0 Å². The van der Waals surface area contributed by atoms with Gasteiger partial charge in [0.1, 0.15) is 5.82 Å². The van der Waals surface area contributed by atoms with Gasteiger partial charge in [0.05, 0.1) is 10.0 Å². The molecule has 1 heterocycles. The van der Waals surface area contributed by atoms with Gasteiger partial charge in [0.2, 0.25) is 0 Å². The summed E-state index contributed by atoms with van der Waals surface area (Å²) in [5.74, 6) is -0.430. The maximum Gasteiger partial charge on any atom is 0.134 e. The summed E-state index contributed by atoms with van der Waals surface area (Å²) >= 11 is 17.7. The van der Waals surface area contributed by atoms with Crippen molar-refractivity contribution >= 4 is 34.8 Å². The van der Waals surface area contributed by atoms with Crippen molar-refractivity contribution in [3.8, 4) is 11.1 Å². The van der Waals surface area contributed by atoms with Crippen LogP contribution in [0.3, 0.4) is 0 Å². The quantitative estimate of drug-likeness (QED) is 0.725. The van der Waals surface area contributed by atoms with Crippen molar-refractivity contribution in [2.24, 2.45) is 0 Å². The van der Waals surface area contributed by atoms with Gasteiger partial charge in [-0.25, -0.2) is 4.39 Å². The zero-order chi connectivity index (χ0) is 11.7. The van der Waals surface area contributed by atoms with Crippen molar-refractivity contribution in [3.05, 3.63) is 51.5 Å². The number of pyridine rings is 1. The largest absolute Gasteiger partial charge is 0.264 e. The van der Waals surface area contributed by atoms with E-state index in [2.05, 4.69) is 4.98 Å². The molecule has 1 nitrogen and oxygen atoms in total. The van der Waals surface area contributed by atoms with Crippen LogP contribution >= 0.6 is 34.8 Å². The molecule has 0 N–H and O–H groups in total. The summed E-state index contributed by atoms with van der Waals surface area (Å²) in [6.45, 7) is 0. The van der Waals surface area contributed by atoms with E-state index in [0.717, 1.165) is 0 Å². The van der Waals surface area contributed by atoms with Crippen molar-refractivity contribution in [2.75, 3.05) is 0 Å². The van der Waals surface area contributed by atoms with E-state index in [1.54, 1.807) is 0 Å². The molecule has 0 unspecified atom stereocenters. The van der Waals surface area contributed by atoms with E-state index in [4.69, 9.17) is 34.8 Å². The Kier molecular flexibility index (Phi) is 3.33. The lowest BCUT2D eigenvalue weighted by Crippen LogP contribution is -1.88. The Morgan fingerprint density at radius 1 is 1.06 bits per heavy atom. The highest BCUT2D eigenvalue weighted by Crippen LogP contribution is 2.37. The molecule has 5 heteroatoms. The van der Waals surface area contributed by atoms with Gasteiger partial charge in [-0.3, -0.25) is 4.98 Å². The molecule has 0 aliphatic carbocycles. The molecule has 0 atom stereocenters. The van der Waals surface area contributed by atoms with Gasteiger partial charge in [-0.15, -0.1) is 0 Å². The fourth-order valence-corrected chi connectivity index (χ4v) is 2.38. The minimum Gasteiger partial charge on any atom is -0.264 e. The third-order valence-corrected chi connectivity index (χ3v) is 2.86. The van der Waals surface area contributed by atoms with Gasteiger partial charge in [0, 0.05) is 28.5 Å². The molecule has 0 amide bonds. The Balaban J connectivity index is 2.70. The maximum atomic E-state index is 13.5. The van der Waals surface area contributed by atoms with Gasteiger partial charge in [-0.05, 0) is 18.2 Å². The average Bonchev–Trinajstić information content (AvgIpc) is 2.19. The second-order valence-electron chi connectivity index (χ2n) is 3.10. The average molecular weight is 277 g/mol. The van der Waals surface area contributed by atoms with Crippen LogP contribution in [0, 0.1) is 5.82 Å². The molecule has 0 saturated heterocycles. The summed E-state index contributed by atoms with van der Waals surface area (Å²) in [5.41, 5.74) is 0.660. The van der Waals surface area contributed by atoms with Crippen molar-refractivity contribution in [1.82, 2.24) is 4.98 Å². The summed E-state index contributed by atoms with van der Waals surface area (Å²) in [5, 5.41) is 0.997. The van der Waals surface area contributed by atoms with Crippen LogP contribution in [0.4, 0.5) is 4.39 Å². The highest BCUT2D eigenvalue weighted by atomic mass is 35.5. The first-order valence-corrected chi connectivity index (χ1v) is 5.47. The molecule has 0 radical (unpaired) electrons. The van der Waals surface area contributed by atoms with E-state index >= 15 is 0 Å². The van der Waals surface area contributed by atoms with Crippen LogP contribution in [0.1, 0.15) is 0 Å². The normalized spacial score (nSPS) is 10.5. The minimum atomic E-state index is -0.430. The van der Waals surface area contributed by atoms with E-state index in [-0.39, 0.29) is 5.56 Å². The zero-order valence-corrected chi connectivity index (χ0v) is 10.1. The molecule has 0 aliphatic heterocycles. The summed E-state index contributed by atoms with van der Waals surface area (Å²) in [4.78, 5) is 3.84. The molecule has 0 bridgehead atoms. The molecule has 16 heavy (non-hydrogen) atoms. The third-order valence-electron chi connectivity index (χ3n) is 2.04. The number of aromatic nitrogens is 1. The molecule has 1 aromatic carbocycles. The first-order chi connectivity index (χ1) is 7.59. The third kappa shape index (κ3) is 2.14. The van der Waals surface area contributed by atoms with Crippen LogP contribution < -0.4 is 0 Å². The Hall–Kier alpha value is -0.830. The van der Waals surface area contributed by atoms with E-state index in [0.29, 0.717) is 20.6 Å². The number of hydrogen-bond donors (Lipinski definition) is 0. The fourth-order valence-electron chi connectivity index (χ4n) is 1.36. The van der Waals surface area contributed by atoms with Crippen LogP contribution in [0.2, 0.25) is 15.1 Å². The lowest BCUT2D eigenvalue weighted by atomic mass is 10.1. The first kappa shape index (κ1) is 11.6. The minimum absolute atomic E-state index is 0.258. The molecule has 0 aliphatic rings. The molecule has 0 fully saturated rings. The molecular weight excluding hydrogens is 271 g/mol. The van der Waals surface area contributed by atoms with Crippen molar-refractivity contribution < 1.29 is 4.39 Å². The zero-order valence-electron chi connectivity index (χ0n) is 7.85. The van der Waals surface area contributed by atoms with Crippen LogP contribution in [0.5, 0.6) is 0 Å². The van der Waals surface area contributed by atoms with E-state index in [1.165, 1.54) is 30.6 Å². The number of rotatable bonds is 1. The summed E-state index contributed by atoms with van der Waals surface area (Å²) in [6.07, 6.45) is 2.73. The highest BCUT2D eigenvalue weighted by Gasteiger charge is 2.13. The number of benzene rings is 1. The summed E-state index contributed by atoms with van der Waals surface area (Å²) in [6, 6.07) is 4.27. The van der Waals surface area contributed by atoms with Gasteiger partial charge in [-0.2, -0.15) is 0 Å². The van der Waals surface area contributed by atoms with Crippen molar-refractivity contribution in [3.63, 3.8) is 0 Å². The Bertz CT molecular complexity index is 519. The predicted molar refractivity (Wildman–Crippen MR) is 64.7 cm³/mol. The standard InChI is InChI=1S/C11H5Cl3FN/c12-6-3-8(13)11(9(14)4-6)7-5-16-2-1-10(7)15/h1-5H. The second kappa shape index (κ2) is 4.58. The van der Waals surface area contributed by atoms with Gasteiger partial charge >= 0.3 is 0 Å². The van der Waals surface area contributed by atoms with Crippen LogP contribution in [-0.4, -0.2) is 4.98 Å². The van der Waals surface area contributed by atoms with Crippen molar-refractivity contribution in [1.29, 1.82) is 0 Å². The van der Waals surface area contributed by atoms with E-state index in [9.17, 15) is 4.39 Å². The molecule has 0 saturated carbocycles.